The van der Waals surface area contributed by atoms with Crippen molar-refractivity contribution in [1.82, 2.24) is 5.32 Å². The molecule has 0 atom stereocenters. The van der Waals surface area contributed by atoms with E-state index in [0.717, 1.165) is 45.9 Å². The Bertz CT molecular complexity index is 964. The van der Waals surface area contributed by atoms with Gasteiger partial charge in [-0.25, -0.2) is 0 Å². The normalized spacial score (nSPS) is 10.8. The molecule has 0 saturated heterocycles. The summed E-state index contributed by atoms with van der Waals surface area (Å²) in [7, 11) is 0. The zero-order chi connectivity index (χ0) is 21.3. The van der Waals surface area contributed by atoms with Gasteiger partial charge < -0.3 is 14.8 Å². The Morgan fingerprint density at radius 2 is 1.67 bits per heavy atom. The van der Waals surface area contributed by atoms with Crippen molar-refractivity contribution in [2.75, 3.05) is 13.2 Å². The average molecular weight is 509 g/mol. The largest absolute Gasteiger partial charge is 0.490 e. The second-order valence-corrected chi connectivity index (χ2v) is 8.54. The van der Waals surface area contributed by atoms with Crippen LogP contribution in [0.15, 0.2) is 65.1 Å². The Balaban J connectivity index is 1.61. The highest BCUT2D eigenvalue weighted by molar-refractivity contribution is 9.10. The molecule has 0 saturated carbocycles. The molecule has 3 aromatic carbocycles. The van der Waals surface area contributed by atoms with Gasteiger partial charge in [-0.2, -0.15) is 0 Å². The molecule has 0 aliphatic rings. The van der Waals surface area contributed by atoms with E-state index in [4.69, 9.17) is 32.7 Å². The van der Waals surface area contributed by atoms with Gasteiger partial charge in [-0.05, 0) is 88.9 Å². The number of hydrogen-bond donors (Lipinski definition) is 1. The molecule has 0 radical (unpaired) electrons. The van der Waals surface area contributed by atoms with Gasteiger partial charge in [0.15, 0.2) is 11.5 Å². The van der Waals surface area contributed by atoms with E-state index in [2.05, 4.69) is 39.4 Å². The van der Waals surface area contributed by atoms with Crippen molar-refractivity contribution in [3.63, 3.8) is 0 Å². The molecule has 3 aromatic rings. The summed E-state index contributed by atoms with van der Waals surface area (Å²) in [6.07, 6.45) is 0.942. The van der Waals surface area contributed by atoms with Gasteiger partial charge >= 0.3 is 0 Å². The smallest absolute Gasteiger partial charge is 0.175 e. The van der Waals surface area contributed by atoms with Gasteiger partial charge in [0, 0.05) is 16.6 Å². The Kier molecular flexibility index (Phi) is 8.88. The zero-order valence-corrected chi connectivity index (χ0v) is 19.9. The summed E-state index contributed by atoms with van der Waals surface area (Å²) in [6.45, 7) is 4.55. The molecule has 6 heteroatoms. The molecule has 158 valence electrons. The van der Waals surface area contributed by atoms with E-state index < -0.39 is 0 Å². The lowest BCUT2D eigenvalue weighted by Crippen LogP contribution is -2.17. The molecule has 0 aromatic heterocycles. The fraction of sp³-hybridized carbons (Fsp3) is 0.250. The topological polar surface area (TPSA) is 30.5 Å². The highest BCUT2D eigenvalue weighted by atomic mass is 79.9. The van der Waals surface area contributed by atoms with Gasteiger partial charge in [0.05, 0.1) is 11.1 Å². The van der Waals surface area contributed by atoms with Gasteiger partial charge in [-0.3, -0.25) is 0 Å². The van der Waals surface area contributed by atoms with Crippen LogP contribution in [0.25, 0.3) is 0 Å². The van der Waals surface area contributed by atoms with Gasteiger partial charge in [0.1, 0.15) is 6.61 Å². The minimum atomic E-state index is 0.415. The summed E-state index contributed by atoms with van der Waals surface area (Å²) in [5.74, 6) is 1.42. The minimum Gasteiger partial charge on any atom is -0.490 e. The lowest BCUT2D eigenvalue weighted by atomic mass is 10.1. The number of halogens is 3. The van der Waals surface area contributed by atoms with Crippen molar-refractivity contribution in [1.29, 1.82) is 0 Å². The van der Waals surface area contributed by atoms with Crippen LogP contribution in [0.4, 0.5) is 0 Å². The average Bonchev–Trinajstić information content (AvgIpc) is 2.72. The SMILES string of the molecule is CCOc1cc(CNCCc2ccc(Cl)cc2)cc(Br)c1OCc1cccc(Cl)c1. The summed E-state index contributed by atoms with van der Waals surface area (Å²) in [5, 5.41) is 4.94. The molecule has 0 heterocycles. The number of nitrogens with one attached hydrogen (secondary N) is 1. The third-order valence-electron chi connectivity index (χ3n) is 4.47. The van der Waals surface area contributed by atoms with Gasteiger partial charge in [-0.15, -0.1) is 0 Å². The molecule has 0 aliphatic heterocycles. The second kappa shape index (κ2) is 11.6. The van der Waals surface area contributed by atoms with E-state index in [1.807, 2.05) is 49.4 Å². The van der Waals surface area contributed by atoms with Crippen molar-refractivity contribution >= 4 is 39.1 Å². The molecule has 3 rings (SSSR count). The molecule has 3 nitrogen and oxygen atoms in total. The molecule has 0 unspecified atom stereocenters. The van der Waals surface area contributed by atoms with Crippen LogP contribution >= 0.6 is 39.1 Å². The molecule has 0 fully saturated rings. The van der Waals surface area contributed by atoms with E-state index in [9.17, 15) is 0 Å². The highest BCUT2D eigenvalue weighted by Crippen LogP contribution is 2.37. The maximum Gasteiger partial charge on any atom is 0.175 e. The van der Waals surface area contributed by atoms with Crippen LogP contribution < -0.4 is 14.8 Å². The van der Waals surface area contributed by atoms with Crippen molar-refractivity contribution in [3.8, 4) is 11.5 Å². The van der Waals surface area contributed by atoms with Crippen LogP contribution in [0.2, 0.25) is 10.0 Å². The molecular formula is C24H24BrCl2NO2. The molecule has 30 heavy (non-hydrogen) atoms. The van der Waals surface area contributed by atoms with Crippen molar-refractivity contribution in [2.24, 2.45) is 0 Å². The summed E-state index contributed by atoms with van der Waals surface area (Å²) < 4.78 is 12.7. The molecule has 0 spiro atoms. The number of benzene rings is 3. The van der Waals surface area contributed by atoms with Crippen LogP contribution in [-0.4, -0.2) is 13.2 Å². The first-order chi connectivity index (χ1) is 14.5. The molecule has 1 N–H and O–H groups in total. The van der Waals surface area contributed by atoms with Crippen LogP contribution in [0.1, 0.15) is 23.6 Å². The monoisotopic (exact) mass is 507 g/mol. The summed E-state index contributed by atoms with van der Waals surface area (Å²) in [6, 6.07) is 19.7. The Hall–Kier alpha value is -1.72. The van der Waals surface area contributed by atoms with Gasteiger partial charge in [0.2, 0.25) is 0 Å². The summed E-state index contributed by atoms with van der Waals surface area (Å²) in [4.78, 5) is 0. The van der Waals surface area contributed by atoms with Gasteiger partial charge in [-0.1, -0.05) is 47.5 Å². The lowest BCUT2D eigenvalue weighted by molar-refractivity contribution is 0.267. The first-order valence-electron chi connectivity index (χ1n) is 9.82. The fourth-order valence-electron chi connectivity index (χ4n) is 3.03. The quantitative estimate of drug-likeness (QED) is 0.297. The van der Waals surface area contributed by atoms with Gasteiger partial charge in [0.25, 0.3) is 0 Å². The van der Waals surface area contributed by atoms with E-state index in [1.54, 1.807) is 0 Å². The fourth-order valence-corrected chi connectivity index (χ4v) is 3.97. The first-order valence-corrected chi connectivity index (χ1v) is 11.4. The zero-order valence-electron chi connectivity index (χ0n) is 16.8. The van der Waals surface area contributed by atoms with E-state index in [1.165, 1.54) is 5.56 Å². The molecule has 0 bridgehead atoms. The van der Waals surface area contributed by atoms with E-state index in [-0.39, 0.29) is 0 Å². The standard InChI is InChI=1S/C24H24BrCl2NO2/c1-2-29-23-14-19(15-28-11-10-17-6-8-20(26)9-7-17)13-22(25)24(23)30-16-18-4-3-5-21(27)12-18/h3-9,12-14,28H,2,10-11,15-16H2,1H3. The maximum absolute atomic E-state index is 6.06. The van der Waals surface area contributed by atoms with Crippen LogP contribution in [0.5, 0.6) is 11.5 Å². The van der Waals surface area contributed by atoms with Crippen LogP contribution in [0.3, 0.4) is 0 Å². The maximum atomic E-state index is 6.06. The van der Waals surface area contributed by atoms with E-state index >= 15 is 0 Å². The second-order valence-electron chi connectivity index (χ2n) is 6.81. The number of ether oxygens (including phenoxy) is 2. The number of hydrogen-bond acceptors (Lipinski definition) is 3. The Labute approximate surface area is 196 Å². The first kappa shape index (κ1) is 23.0. The van der Waals surface area contributed by atoms with Crippen molar-refractivity contribution in [2.45, 2.75) is 26.5 Å². The Morgan fingerprint density at radius 3 is 2.40 bits per heavy atom. The van der Waals surface area contributed by atoms with E-state index in [0.29, 0.717) is 24.0 Å². The van der Waals surface area contributed by atoms with Crippen LogP contribution in [-0.2, 0) is 19.6 Å². The van der Waals surface area contributed by atoms with Crippen LogP contribution in [0, 0.1) is 0 Å². The summed E-state index contributed by atoms with van der Waals surface area (Å²) in [5.41, 5.74) is 3.38. The third-order valence-corrected chi connectivity index (χ3v) is 5.55. The lowest BCUT2D eigenvalue weighted by Gasteiger charge is -2.16. The third kappa shape index (κ3) is 6.92. The number of rotatable bonds is 10. The molecule has 0 aliphatic carbocycles. The predicted octanol–water partition coefficient (Wildman–Crippen LogP) is 7.07. The van der Waals surface area contributed by atoms with Crippen molar-refractivity contribution in [3.05, 3.63) is 91.9 Å². The molecular weight excluding hydrogens is 485 g/mol. The molecule has 0 amide bonds. The highest BCUT2D eigenvalue weighted by Gasteiger charge is 2.13. The minimum absolute atomic E-state index is 0.415. The Morgan fingerprint density at radius 1 is 0.867 bits per heavy atom. The predicted molar refractivity (Wildman–Crippen MR) is 128 cm³/mol. The van der Waals surface area contributed by atoms with Crippen molar-refractivity contribution < 1.29 is 9.47 Å². The summed E-state index contributed by atoms with van der Waals surface area (Å²) >= 11 is 15.6.